The van der Waals surface area contributed by atoms with Crippen LogP contribution >= 0.6 is 0 Å². The number of piperazine rings is 1. The third kappa shape index (κ3) is 1.46. The fourth-order valence-corrected chi connectivity index (χ4v) is 1.57. The molecule has 0 radical (unpaired) electrons. The van der Waals surface area contributed by atoms with Gasteiger partial charge in [-0.05, 0) is 12.8 Å². The largest absolute Gasteiger partial charge is 0.353 e. The lowest BCUT2D eigenvalue weighted by Gasteiger charge is -2.38. The molecule has 0 aromatic heterocycles. The van der Waals surface area contributed by atoms with E-state index in [4.69, 9.17) is 0 Å². The van der Waals surface area contributed by atoms with E-state index < -0.39 is 0 Å². The van der Waals surface area contributed by atoms with Crippen molar-refractivity contribution in [3.8, 4) is 0 Å². The molecular formula is C9H18N2O. The average Bonchev–Trinajstić information content (AvgIpc) is 2.09. The smallest absolute Gasteiger partial charge is 0.240 e. The molecule has 0 aromatic rings. The SMILES string of the molecule is CCC(C)C1(C)NCCNC1=O. The number of hydrogen-bond acceptors (Lipinski definition) is 2. The fraction of sp³-hybridized carbons (Fsp3) is 0.889. The maximum atomic E-state index is 11.5. The van der Waals surface area contributed by atoms with E-state index in [2.05, 4.69) is 24.5 Å². The number of carbonyl (C=O) groups is 1. The maximum Gasteiger partial charge on any atom is 0.240 e. The molecule has 70 valence electrons. The highest BCUT2D eigenvalue weighted by atomic mass is 16.2. The maximum absolute atomic E-state index is 11.5. The summed E-state index contributed by atoms with van der Waals surface area (Å²) in [6.45, 7) is 7.84. The number of nitrogens with one attached hydrogen (secondary N) is 2. The van der Waals surface area contributed by atoms with Crippen molar-refractivity contribution in [2.24, 2.45) is 5.92 Å². The van der Waals surface area contributed by atoms with Crippen LogP contribution in [0.2, 0.25) is 0 Å². The molecule has 0 saturated carbocycles. The quantitative estimate of drug-likeness (QED) is 0.634. The Hall–Kier alpha value is -0.570. The first-order chi connectivity index (χ1) is 5.61. The molecule has 1 saturated heterocycles. The molecule has 3 heteroatoms. The van der Waals surface area contributed by atoms with Gasteiger partial charge < -0.3 is 10.6 Å². The molecule has 2 N–H and O–H groups in total. The normalized spacial score (nSPS) is 32.8. The van der Waals surface area contributed by atoms with Gasteiger partial charge in [0.2, 0.25) is 5.91 Å². The summed E-state index contributed by atoms with van der Waals surface area (Å²) in [6, 6.07) is 0. The van der Waals surface area contributed by atoms with Gasteiger partial charge in [-0.15, -0.1) is 0 Å². The van der Waals surface area contributed by atoms with Crippen molar-refractivity contribution in [3.05, 3.63) is 0 Å². The average molecular weight is 170 g/mol. The monoisotopic (exact) mass is 170 g/mol. The molecular weight excluding hydrogens is 152 g/mol. The van der Waals surface area contributed by atoms with Crippen LogP contribution in [-0.2, 0) is 4.79 Å². The van der Waals surface area contributed by atoms with Crippen LogP contribution in [0.25, 0.3) is 0 Å². The molecule has 1 fully saturated rings. The topological polar surface area (TPSA) is 41.1 Å². The molecule has 1 aliphatic heterocycles. The highest BCUT2D eigenvalue weighted by Gasteiger charge is 2.39. The standard InChI is InChI=1S/C9H18N2O/c1-4-7(2)9(3)8(12)10-5-6-11-9/h7,11H,4-6H2,1-3H3,(H,10,12). The van der Waals surface area contributed by atoms with Gasteiger partial charge in [0, 0.05) is 13.1 Å². The Labute approximate surface area is 73.9 Å². The van der Waals surface area contributed by atoms with Gasteiger partial charge in [-0.1, -0.05) is 20.3 Å². The fourth-order valence-electron chi connectivity index (χ4n) is 1.57. The minimum absolute atomic E-state index is 0.142. The zero-order valence-corrected chi connectivity index (χ0v) is 8.11. The molecule has 0 bridgehead atoms. The Morgan fingerprint density at radius 2 is 2.25 bits per heavy atom. The van der Waals surface area contributed by atoms with E-state index in [0.29, 0.717) is 5.92 Å². The van der Waals surface area contributed by atoms with E-state index in [-0.39, 0.29) is 11.4 Å². The van der Waals surface area contributed by atoms with Crippen molar-refractivity contribution in [2.75, 3.05) is 13.1 Å². The Morgan fingerprint density at radius 3 is 2.75 bits per heavy atom. The minimum atomic E-state index is -0.354. The molecule has 2 atom stereocenters. The molecule has 0 aliphatic carbocycles. The van der Waals surface area contributed by atoms with E-state index in [9.17, 15) is 4.79 Å². The van der Waals surface area contributed by atoms with Crippen LogP contribution in [0.5, 0.6) is 0 Å². The summed E-state index contributed by atoms with van der Waals surface area (Å²) in [4.78, 5) is 11.5. The van der Waals surface area contributed by atoms with Crippen LogP contribution in [0.4, 0.5) is 0 Å². The van der Waals surface area contributed by atoms with Crippen LogP contribution < -0.4 is 10.6 Å². The van der Waals surface area contributed by atoms with Crippen LogP contribution in [0.1, 0.15) is 27.2 Å². The van der Waals surface area contributed by atoms with Crippen molar-refractivity contribution in [1.29, 1.82) is 0 Å². The predicted octanol–water partition coefficient (Wildman–Crippen LogP) is 0.511. The lowest BCUT2D eigenvalue weighted by atomic mass is 9.83. The summed E-state index contributed by atoms with van der Waals surface area (Å²) in [5, 5.41) is 6.17. The lowest BCUT2D eigenvalue weighted by molar-refractivity contribution is -0.130. The van der Waals surface area contributed by atoms with E-state index in [1.54, 1.807) is 0 Å². The Balaban J connectivity index is 2.72. The van der Waals surface area contributed by atoms with Crippen molar-refractivity contribution in [2.45, 2.75) is 32.7 Å². The lowest BCUT2D eigenvalue weighted by Crippen LogP contribution is -2.64. The van der Waals surface area contributed by atoms with Gasteiger partial charge in [0.1, 0.15) is 0 Å². The van der Waals surface area contributed by atoms with Crippen molar-refractivity contribution in [1.82, 2.24) is 10.6 Å². The summed E-state index contributed by atoms with van der Waals surface area (Å²) in [5.74, 6) is 0.529. The van der Waals surface area contributed by atoms with Gasteiger partial charge in [0.25, 0.3) is 0 Å². The van der Waals surface area contributed by atoms with Gasteiger partial charge in [-0.2, -0.15) is 0 Å². The summed E-state index contributed by atoms with van der Waals surface area (Å²) in [5.41, 5.74) is -0.354. The van der Waals surface area contributed by atoms with Gasteiger partial charge >= 0.3 is 0 Å². The Bertz CT molecular complexity index is 181. The summed E-state index contributed by atoms with van der Waals surface area (Å²) in [6.07, 6.45) is 1.02. The molecule has 1 amide bonds. The molecule has 12 heavy (non-hydrogen) atoms. The molecule has 1 aliphatic rings. The highest BCUT2D eigenvalue weighted by Crippen LogP contribution is 2.21. The van der Waals surface area contributed by atoms with Crippen molar-refractivity contribution < 1.29 is 4.79 Å². The third-order valence-electron chi connectivity index (χ3n) is 2.97. The first-order valence-corrected chi connectivity index (χ1v) is 4.64. The molecule has 0 spiro atoms. The van der Waals surface area contributed by atoms with Gasteiger partial charge in [-0.3, -0.25) is 4.79 Å². The highest BCUT2D eigenvalue weighted by molar-refractivity contribution is 5.86. The molecule has 0 aromatic carbocycles. The van der Waals surface area contributed by atoms with Crippen LogP contribution in [0.3, 0.4) is 0 Å². The van der Waals surface area contributed by atoms with Crippen LogP contribution in [-0.4, -0.2) is 24.5 Å². The zero-order chi connectivity index (χ0) is 9.19. The van der Waals surface area contributed by atoms with E-state index in [1.807, 2.05) is 6.92 Å². The summed E-state index contributed by atoms with van der Waals surface area (Å²) in [7, 11) is 0. The van der Waals surface area contributed by atoms with Crippen molar-refractivity contribution >= 4 is 5.91 Å². The van der Waals surface area contributed by atoms with E-state index in [0.717, 1.165) is 19.5 Å². The second kappa shape index (κ2) is 3.44. The van der Waals surface area contributed by atoms with Gasteiger partial charge in [0.15, 0.2) is 0 Å². The van der Waals surface area contributed by atoms with Crippen LogP contribution in [0.15, 0.2) is 0 Å². The van der Waals surface area contributed by atoms with Crippen LogP contribution in [0, 0.1) is 5.92 Å². The molecule has 3 nitrogen and oxygen atoms in total. The predicted molar refractivity (Wildman–Crippen MR) is 48.9 cm³/mol. The molecule has 1 rings (SSSR count). The number of hydrogen-bond donors (Lipinski definition) is 2. The summed E-state index contributed by atoms with van der Waals surface area (Å²) < 4.78 is 0. The summed E-state index contributed by atoms with van der Waals surface area (Å²) >= 11 is 0. The van der Waals surface area contributed by atoms with E-state index in [1.165, 1.54) is 0 Å². The number of rotatable bonds is 2. The molecule has 1 heterocycles. The van der Waals surface area contributed by atoms with Gasteiger partial charge in [-0.25, -0.2) is 0 Å². The zero-order valence-electron chi connectivity index (χ0n) is 8.11. The number of carbonyl (C=O) groups excluding carboxylic acids is 1. The number of amides is 1. The first-order valence-electron chi connectivity index (χ1n) is 4.64. The second-order valence-corrected chi connectivity index (χ2v) is 3.69. The van der Waals surface area contributed by atoms with Crippen molar-refractivity contribution in [3.63, 3.8) is 0 Å². The molecule has 2 unspecified atom stereocenters. The Morgan fingerprint density at radius 1 is 1.58 bits per heavy atom. The third-order valence-corrected chi connectivity index (χ3v) is 2.97. The second-order valence-electron chi connectivity index (χ2n) is 3.69. The Kier molecular flexibility index (Phi) is 2.73. The van der Waals surface area contributed by atoms with E-state index >= 15 is 0 Å². The van der Waals surface area contributed by atoms with Gasteiger partial charge in [0.05, 0.1) is 5.54 Å². The minimum Gasteiger partial charge on any atom is -0.353 e. The first kappa shape index (κ1) is 9.52.